The van der Waals surface area contributed by atoms with Crippen LogP contribution < -0.4 is 4.90 Å². The lowest BCUT2D eigenvalue weighted by Gasteiger charge is -2.21. The zero-order valence-corrected chi connectivity index (χ0v) is 9.69. The van der Waals surface area contributed by atoms with Crippen LogP contribution in [0.2, 0.25) is 0 Å². The number of aromatic nitrogens is 1. The van der Waals surface area contributed by atoms with E-state index in [1.807, 2.05) is 12.1 Å². The van der Waals surface area contributed by atoms with Crippen LogP contribution in [0.1, 0.15) is 31.9 Å². The molecule has 1 aromatic heterocycles. The third kappa shape index (κ3) is 2.52. The molecular formula is C13H17N3. The molecule has 0 radical (unpaired) electrons. The third-order valence-corrected chi connectivity index (χ3v) is 3.19. The van der Waals surface area contributed by atoms with E-state index in [0.29, 0.717) is 5.69 Å². The molecule has 2 rings (SSSR count). The summed E-state index contributed by atoms with van der Waals surface area (Å²) < 4.78 is 0. The standard InChI is InChI=1S/C13H17N3/c1-11-4-3-8-16(9-7-11)13-6-2-5-12(10-14)15-13/h2,5-6,11H,3-4,7-9H2,1H3. The highest BCUT2D eigenvalue weighted by Gasteiger charge is 2.14. The molecule has 1 saturated heterocycles. The fraction of sp³-hybridized carbons (Fsp3) is 0.538. The van der Waals surface area contributed by atoms with Gasteiger partial charge in [-0.3, -0.25) is 0 Å². The molecule has 0 amide bonds. The SMILES string of the molecule is CC1CCCN(c2cccc(C#N)n2)CC1. The first kappa shape index (κ1) is 10.9. The molecule has 1 aromatic rings. The molecule has 0 N–H and O–H groups in total. The predicted octanol–water partition coefficient (Wildman–Crippen LogP) is 2.58. The fourth-order valence-corrected chi connectivity index (χ4v) is 2.15. The van der Waals surface area contributed by atoms with Crippen molar-refractivity contribution in [3.05, 3.63) is 23.9 Å². The van der Waals surface area contributed by atoms with Gasteiger partial charge in [0.25, 0.3) is 0 Å². The summed E-state index contributed by atoms with van der Waals surface area (Å²) in [5.41, 5.74) is 0.509. The van der Waals surface area contributed by atoms with E-state index in [0.717, 1.165) is 24.8 Å². The van der Waals surface area contributed by atoms with Crippen LogP contribution in [-0.2, 0) is 0 Å². The molecule has 1 atom stereocenters. The van der Waals surface area contributed by atoms with Gasteiger partial charge in [0.2, 0.25) is 0 Å². The average Bonchev–Trinajstić information content (AvgIpc) is 2.54. The molecule has 3 heteroatoms. The van der Waals surface area contributed by atoms with Gasteiger partial charge in [0, 0.05) is 13.1 Å². The second kappa shape index (κ2) is 4.98. The highest BCUT2D eigenvalue weighted by Crippen LogP contribution is 2.20. The lowest BCUT2D eigenvalue weighted by atomic mass is 10.0. The molecule has 0 bridgehead atoms. The van der Waals surface area contributed by atoms with Crippen LogP contribution in [0, 0.1) is 17.2 Å². The van der Waals surface area contributed by atoms with Crippen molar-refractivity contribution in [1.29, 1.82) is 5.26 Å². The Morgan fingerprint density at radius 2 is 2.25 bits per heavy atom. The lowest BCUT2D eigenvalue weighted by Crippen LogP contribution is -2.25. The first-order valence-electron chi connectivity index (χ1n) is 5.91. The molecule has 1 unspecified atom stereocenters. The van der Waals surface area contributed by atoms with Crippen molar-refractivity contribution in [3.63, 3.8) is 0 Å². The monoisotopic (exact) mass is 215 g/mol. The molecule has 1 fully saturated rings. The van der Waals surface area contributed by atoms with Crippen molar-refractivity contribution in [2.24, 2.45) is 5.92 Å². The minimum Gasteiger partial charge on any atom is -0.357 e. The van der Waals surface area contributed by atoms with E-state index in [-0.39, 0.29) is 0 Å². The van der Waals surface area contributed by atoms with Crippen LogP contribution in [0.15, 0.2) is 18.2 Å². The average molecular weight is 215 g/mol. The van der Waals surface area contributed by atoms with Crippen molar-refractivity contribution >= 4 is 5.82 Å². The van der Waals surface area contributed by atoms with Crippen molar-refractivity contribution in [2.45, 2.75) is 26.2 Å². The minimum atomic E-state index is 0.509. The molecule has 2 heterocycles. The summed E-state index contributed by atoms with van der Waals surface area (Å²) in [7, 11) is 0. The number of nitriles is 1. The number of nitrogens with zero attached hydrogens (tertiary/aromatic N) is 3. The van der Waals surface area contributed by atoms with E-state index in [9.17, 15) is 0 Å². The van der Waals surface area contributed by atoms with Gasteiger partial charge in [-0.25, -0.2) is 4.98 Å². The summed E-state index contributed by atoms with van der Waals surface area (Å²) in [4.78, 5) is 6.64. The molecule has 3 nitrogen and oxygen atoms in total. The summed E-state index contributed by atoms with van der Waals surface area (Å²) in [6.45, 7) is 4.43. The van der Waals surface area contributed by atoms with E-state index >= 15 is 0 Å². The molecule has 84 valence electrons. The van der Waals surface area contributed by atoms with Gasteiger partial charge in [0.1, 0.15) is 17.6 Å². The van der Waals surface area contributed by atoms with Gasteiger partial charge >= 0.3 is 0 Å². The number of hydrogen-bond acceptors (Lipinski definition) is 3. The Labute approximate surface area is 96.7 Å². The van der Waals surface area contributed by atoms with Crippen LogP contribution >= 0.6 is 0 Å². The topological polar surface area (TPSA) is 39.9 Å². The summed E-state index contributed by atoms with van der Waals surface area (Å²) in [6.07, 6.45) is 3.74. The molecule has 1 aliphatic rings. The molecule has 0 aromatic carbocycles. The second-order valence-corrected chi connectivity index (χ2v) is 4.52. The molecular weight excluding hydrogens is 198 g/mol. The van der Waals surface area contributed by atoms with Crippen molar-refractivity contribution in [3.8, 4) is 6.07 Å². The van der Waals surface area contributed by atoms with E-state index in [2.05, 4.69) is 22.9 Å². The van der Waals surface area contributed by atoms with Crippen molar-refractivity contribution in [1.82, 2.24) is 4.98 Å². The lowest BCUT2D eigenvalue weighted by molar-refractivity contribution is 0.521. The van der Waals surface area contributed by atoms with E-state index < -0.39 is 0 Å². The quantitative estimate of drug-likeness (QED) is 0.723. The smallest absolute Gasteiger partial charge is 0.142 e. The maximum atomic E-state index is 8.83. The van der Waals surface area contributed by atoms with Gasteiger partial charge in [-0.05, 0) is 37.3 Å². The van der Waals surface area contributed by atoms with E-state index in [4.69, 9.17) is 5.26 Å². The Bertz CT molecular complexity index is 394. The molecule has 16 heavy (non-hydrogen) atoms. The molecule has 0 saturated carbocycles. The zero-order chi connectivity index (χ0) is 11.4. The summed E-state index contributed by atoms with van der Waals surface area (Å²) in [6, 6.07) is 7.76. The van der Waals surface area contributed by atoms with Crippen LogP contribution in [0.3, 0.4) is 0 Å². The Morgan fingerprint density at radius 1 is 1.38 bits per heavy atom. The highest BCUT2D eigenvalue weighted by atomic mass is 15.2. The van der Waals surface area contributed by atoms with Crippen LogP contribution in [0.5, 0.6) is 0 Å². The third-order valence-electron chi connectivity index (χ3n) is 3.19. The molecule has 0 spiro atoms. The van der Waals surface area contributed by atoms with Gasteiger partial charge in [-0.2, -0.15) is 5.26 Å². The second-order valence-electron chi connectivity index (χ2n) is 4.52. The zero-order valence-electron chi connectivity index (χ0n) is 9.69. The van der Waals surface area contributed by atoms with E-state index in [1.54, 1.807) is 6.07 Å². The fourth-order valence-electron chi connectivity index (χ4n) is 2.15. The van der Waals surface area contributed by atoms with Crippen molar-refractivity contribution < 1.29 is 0 Å². The number of pyridine rings is 1. The summed E-state index contributed by atoms with van der Waals surface area (Å²) in [5.74, 6) is 1.76. The number of rotatable bonds is 1. The van der Waals surface area contributed by atoms with Crippen LogP contribution in [0.25, 0.3) is 0 Å². The minimum absolute atomic E-state index is 0.509. The van der Waals surface area contributed by atoms with Gasteiger partial charge in [0.05, 0.1) is 0 Å². The highest BCUT2D eigenvalue weighted by molar-refractivity contribution is 5.41. The van der Waals surface area contributed by atoms with Gasteiger partial charge in [-0.1, -0.05) is 13.0 Å². The summed E-state index contributed by atoms with van der Waals surface area (Å²) >= 11 is 0. The van der Waals surface area contributed by atoms with Gasteiger partial charge in [-0.15, -0.1) is 0 Å². The summed E-state index contributed by atoms with van der Waals surface area (Å²) in [5, 5.41) is 8.83. The van der Waals surface area contributed by atoms with Gasteiger partial charge in [0.15, 0.2) is 0 Å². The normalized spacial score (nSPS) is 21.2. The van der Waals surface area contributed by atoms with Crippen LogP contribution in [0.4, 0.5) is 5.82 Å². The largest absolute Gasteiger partial charge is 0.357 e. The Kier molecular flexibility index (Phi) is 3.40. The first-order valence-corrected chi connectivity index (χ1v) is 5.91. The molecule has 1 aliphatic heterocycles. The Balaban J connectivity index is 2.14. The maximum absolute atomic E-state index is 8.83. The Morgan fingerprint density at radius 3 is 3.06 bits per heavy atom. The Hall–Kier alpha value is -1.56. The molecule has 0 aliphatic carbocycles. The number of hydrogen-bond donors (Lipinski definition) is 0. The first-order chi connectivity index (χ1) is 7.79. The van der Waals surface area contributed by atoms with Crippen molar-refractivity contribution in [2.75, 3.05) is 18.0 Å². The number of anilines is 1. The maximum Gasteiger partial charge on any atom is 0.142 e. The predicted molar refractivity (Wildman–Crippen MR) is 64.2 cm³/mol. The van der Waals surface area contributed by atoms with Crippen LogP contribution in [-0.4, -0.2) is 18.1 Å². The van der Waals surface area contributed by atoms with Gasteiger partial charge < -0.3 is 4.90 Å². The van der Waals surface area contributed by atoms with E-state index in [1.165, 1.54) is 19.3 Å².